The van der Waals surface area contributed by atoms with Gasteiger partial charge in [-0.2, -0.15) is 0 Å². The maximum absolute atomic E-state index is 12.1. The first-order chi connectivity index (χ1) is 8.04. The zero-order chi connectivity index (χ0) is 12.8. The van der Waals surface area contributed by atoms with Crippen molar-refractivity contribution in [1.29, 1.82) is 0 Å². The summed E-state index contributed by atoms with van der Waals surface area (Å²) in [5.74, 6) is 0.0279. The van der Waals surface area contributed by atoms with Crippen LogP contribution in [0.4, 0.5) is 0 Å². The normalized spacial score (nSPS) is 10.0. The molecule has 0 heterocycles. The highest BCUT2D eigenvalue weighted by Gasteiger charge is 2.13. The first kappa shape index (κ1) is 14.4. The van der Waals surface area contributed by atoms with Crippen LogP contribution >= 0.6 is 34.8 Å². The Kier molecular flexibility index (Phi) is 5.84. The molecule has 3 nitrogen and oxygen atoms in total. The summed E-state index contributed by atoms with van der Waals surface area (Å²) in [6.07, 6.45) is 0.569. The van der Waals surface area contributed by atoms with Crippen LogP contribution in [0.2, 0.25) is 0 Å². The molecule has 0 aliphatic rings. The second kappa shape index (κ2) is 6.90. The van der Waals surface area contributed by atoms with Crippen LogP contribution in [0.15, 0.2) is 24.3 Å². The lowest BCUT2D eigenvalue weighted by molar-refractivity contribution is 0.0769. The zero-order valence-electron chi connectivity index (χ0n) is 9.65. The Hall–Kier alpha value is -0.690. The molecular weight excluding hydrogens is 347 g/mol. The minimum absolute atomic E-state index is 0.0279. The van der Waals surface area contributed by atoms with Gasteiger partial charge in [0.2, 0.25) is 0 Å². The Morgan fingerprint density at radius 3 is 2.47 bits per heavy atom. The lowest BCUT2D eigenvalue weighted by Crippen LogP contribution is -2.33. The van der Waals surface area contributed by atoms with Gasteiger partial charge < -0.3 is 10.6 Å². The molecule has 0 saturated carbocycles. The minimum atomic E-state index is 0.0279. The topological polar surface area (TPSA) is 46.3 Å². The minimum Gasteiger partial charge on any atom is -0.393 e. The smallest absolute Gasteiger partial charge is 0.253 e. The molecular formula is C12H15IN2OS. The molecule has 1 aromatic carbocycles. The van der Waals surface area contributed by atoms with E-state index in [0.717, 1.165) is 3.57 Å². The van der Waals surface area contributed by atoms with Crippen molar-refractivity contribution in [1.82, 2.24) is 4.90 Å². The maximum Gasteiger partial charge on any atom is 0.253 e. The van der Waals surface area contributed by atoms with Gasteiger partial charge in [0, 0.05) is 28.6 Å². The van der Waals surface area contributed by atoms with E-state index in [9.17, 15) is 4.79 Å². The summed E-state index contributed by atoms with van der Waals surface area (Å²) in [5, 5.41) is 0. The number of carbonyl (C=O) groups is 1. The molecule has 2 N–H and O–H groups in total. The van der Waals surface area contributed by atoms with Gasteiger partial charge in [-0.3, -0.25) is 4.79 Å². The zero-order valence-corrected chi connectivity index (χ0v) is 12.6. The predicted molar refractivity (Wildman–Crippen MR) is 82.1 cm³/mol. The van der Waals surface area contributed by atoms with Crippen LogP contribution in [0, 0.1) is 3.57 Å². The van der Waals surface area contributed by atoms with E-state index in [-0.39, 0.29) is 5.91 Å². The molecule has 0 aromatic heterocycles. The molecule has 0 atom stereocenters. The Morgan fingerprint density at radius 1 is 1.41 bits per heavy atom. The van der Waals surface area contributed by atoms with Crippen LogP contribution < -0.4 is 5.73 Å². The number of hydrogen-bond donors (Lipinski definition) is 1. The summed E-state index contributed by atoms with van der Waals surface area (Å²) in [5.41, 5.74) is 6.15. The van der Waals surface area contributed by atoms with E-state index in [2.05, 4.69) is 22.6 Å². The summed E-state index contributed by atoms with van der Waals surface area (Å²) in [7, 11) is 0. The van der Waals surface area contributed by atoms with Gasteiger partial charge in [0.25, 0.3) is 5.91 Å². The van der Waals surface area contributed by atoms with E-state index in [1.807, 2.05) is 31.2 Å². The summed E-state index contributed by atoms with van der Waals surface area (Å²) in [4.78, 5) is 14.3. The molecule has 92 valence electrons. The fourth-order valence-corrected chi connectivity index (χ4v) is 1.87. The summed E-state index contributed by atoms with van der Waals surface area (Å²) >= 11 is 7.03. The average Bonchev–Trinajstić information content (AvgIpc) is 2.30. The van der Waals surface area contributed by atoms with Gasteiger partial charge >= 0.3 is 0 Å². The molecule has 17 heavy (non-hydrogen) atoms. The lowest BCUT2D eigenvalue weighted by atomic mass is 10.2. The highest BCUT2D eigenvalue weighted by Crippen LogP contribution is 2.09. The number of benzene rings is 1. The van der Waals surface area contributed by atoms with Crippen LogP contribution in [0.3, 0.4) is 0 Å². The van der Waals surface area contributed by atoms with Crippen LogP contribution in [-0.2, 0) is 0 Å². The highest BCUT2D eigenvalue weighted by atomic mass is 127. The van der Waals surface area contributed by atoms with Gasteiger partial charge in [-0.05, 0) is 53.8 Å². The van der Waals surface area contributed by atoms with E-state index < -0.39 is 0 Å². The summed E-state index contributed by atoms with van der Waals surface area (Å²) < 4.78 is 1.12. The van der Waals surface area contributed by atoms with Crippen molar-refractivity contribution in [2.75, 3.05) is 13.1 Å². The fourth-order valence-electron chi connectivity index (χ4n) is 1.42. The third kappa shape index (κ3) is 4.59. The van der Waals surface area contributed by atoms with Crippen molar-refractivity contribution in [2.45, 2.75) is 13.3 Å². The number of amides is 1. The SMILES string of the molecule is CCN(CCC(N)=S)C(=O)c1ccc(I)cc1. The average molecular weight is 362 g/mol. The van der Waals surface area contributed by atoms with Crippen LogP contribution in [-0.4, -0.2) is 28.9 Å². The number of nitrogens with zero attached hydrogens (tertiary/aromatic N) is 1. The Bertz CT molecular complexity index is 405. The standard InChI is InChI=1S/C12H15IN2OS/c1-2-15(8-7-11(14)17)12(16)9-3-5-10(13)6-4-9/h3-6H,2,7-8H2,1H3,(H2,14,17). The van der Waals surface area contributed by atoms with Gasteiger partial charge in [0.1, 0.15) is 0 Å². The van der Waals surface area contributed by atoms with E-state index in [4.69, 9.17) is 18.0 Å². The van der Waals surface area contributed by atoms with Crippen molar-refractivity contribution in [3.63, 3.8) is 0 Å². The van der Waals surface area contributed by atoms with E-state index in [1.54, 1.807) is 4.90 Å². The molecule has 0 radical (unpaired) electrons. The van der Waals surface area contributed by atoms with Crippen LogP contribution in [0.1, 0.15) is 23.7 Å². The quantitative estimate of drug-likeness (QED) is 0.647. The van der Waals surface area contributed by atoms with Gasteiger partial charge in [-0.25, -0.2) is 0 Å². The molecule has 1 aromatic rings. The van der Waals surface area contributed by atoms with Gasteiger partial charge in [0.15, 0.2) is 0 Å². The summed E-state index contributed by atoms with van der Waals surface area (Å²) in [6, 6.07) is 7.53. The van der Waals surface area contributed by atoms with Crippen molar-refractivity contribution < 1.29 is 4.79 Å². The van der Waals surface area contributed by atoms with Gasteiger partial charge in [-0.1, -0.05) is 12.2 Å². The first-order valence-electron chi connectivity index (χ1n) is 5.37. The molecule has 0 aliphatic heterocycles. The molecule has 1 rings (SSSR count). The molecule has 0 spiro atoms. The molecule has 0 unspecified atom stereocenters. The number of nitrogens with two attached hydrogens (primary N) is 1. The van der Waals surface area contributed by atoms with Crippen molar-refractivity contribution in [2.24, 2.45) is 5.73 Å². The number of halogens is 1. The van der Waals surface area contributed by atoms with Crippen LogP contribution in [0.25, 0.3) is 0 Å². The number of carbonyl (C=O) groups excluding carboxylic acids is 1. The Morgan fingerprint density at radius 2 is 2.00 bits per heavy atom. The first-order valence-corrected chi connectivity index (χ1v) is 6.86. The molecule has 0 bridgehead atoms. The largest absolute Gasteiger partial charge is 0.393 e. The van der Waals surface area contributed by atoms with Crippen molar-refractivity contribution in [3.8, 4) is 0 Å². The van der Waals surface area contributed by atoms with E-state index in [1.165, 1.54) is 0 Å². The number of hydrogen-bond acceptors (Lipinski definition) is 2. The van der Waals surface area contributed by atoms with E-state index in [0.29, 0.717) is 30.1 Å². The highest BCUT2D eigenvalue weighted by molar-refractivity contribution is 14.1. The van der Waals surface area contributed by atoms with Crippen LogP contribution in [0.5, 0.6) is 0 Å². The van der Waals surface area contributed by atoms with Crippen molar-refractivity contribution in [3.05, 3.63) is 33.4 Å². The molecule has 1 amide bonds. The Balaban J connectivity index is 2.71. The lowest BCUT2D eigenvalue weighted by Gasteiger charge is -2.20. The van der Waals surface area contributed by atoms with Gasteiger partial charge in [-0.15, -0.1) is 0 Å². The molecule has 0 aliphatic carbocycles. The third-order valence-corrected chi connectivity index (χ3v) is 3.31. The third-order valence-electron chi connectivity index (χ3n) is 2.39. The second-order valence-corrected chi connectivity index (χ2v) is 5.38. The second-order valence-electron chi connectivity index (χ2n) is 3.61. The number of thiocarbonyl (C=S) groups is 1. The fraction of sp³-hybridized carbons (Fsp3) is 0.333. The predicted octanol–water partition coefficient (Wildman–Crippen LogP) is 2.43. The molecule has 0 fully saturated rings. The van der Waals surface area contributed by atoms with Crippen molar-refractivity contribution >= 4 is 45.7 Å². The summed E-state index contributed by atoms with van der Waals surface area (Å²) in [6.45, 7) is 3.19. The maximum atomic E-state index is 12.1. The number of rotatable bonds is 5. The Labute approximate surface area is 121 Å². The monoisotopic (exact) mass is 362 g/mol. The molecule has 0 saturated heterocycles. The molecule has 5 heteroatoms. The van der Waals surface area contributed by atoms with Gasteiger partial charge in [0.05, 0.1) is 4.99 Å². The van der Waals surface area contributed by atoms with E-state index >= 15 is 0 Å².